The van der Waals surface area contributed by atoms with Crippen LogP contribution in [0, 0.1) is 0 Å². The zero-order valence-corrected chi connectivity index (χ0v) is 30.6. The van der Waals surface area contributed by atoms with E-state index >= 15 is 0 Å². The van der Waals surface area contributed by atoms with E-state index in [0.29, 0.717) is 0 Å². The van der Waals surface area contributed by atoms with E-state index in [9.17, 15) is 0 Å². The average molecular weight is 695 g/mol. The normalized spacial score (nSPS) is 11.4. The molecule has 0 aliphatic heterocycles. The molecule has 10 aromatic rings. The van der Waals surface area contributed by atoms with Gasteiger partial charge in [-0.05, 0) is 91.4 Å². The van der Waals surface area contributed by atoms with Crippen LogP contribution in [0.2, 0.25) is 0 Å². The molecule has 0 unspecified atom stereocenters. The van der Waals surface area contributed by atoms with Gasteiger partial charge in [0, 0.05) is 29.5 Å². The van der Waals surface area contributed by atoms with E-state index in [1.54, 1.807) is 0 Å². The number of hydrogen-bond donors (Lipinski definition) is 0. The van der Waals surface area contributed by atoms with Crippen molar-refractivity contribution in [2.24, 2.45) is 0 Å². The van der Waals surface area contributed by atoms with Gasteiger partial charge in [0.15, 0.2) is 0 Å². The maximum absolute atomic E-state index is 2.58. The summed E-state index contributed by atoms with van der Waals surface area (Å²) >= 11 is 0. The molecule has 0 atom stereocenters. The standard InChI is InChI=1S/C42H34N2.C10H8/c1-2-43(28-30-25-26-41-38(27-30)35-21-13-14-24-40(35)44(41)32-17-7-4-8-18-32)29-39-33-19-9-11-22-36(33)42(31-15-5-3-6-16-31)37-23-12-10-20-34(37)39;1-2-6-10-8-4-3-7-9(10)5-1/h3-27H,2,28-29H2,1H3;1-8H. The van der Waals surface area contributed by atoms with Crippen LogP contribution in [0.1, 0.15) is 18.1 Å². The summed E-state index contributed by atoms with van der Waals surface area (Å²) in [5.41, 5.74) is 9.02. The summed E-state index contributed by atoms with van der Waals surface area (Å²) < 4.78 is 2.39. The Kier molecular flexibility index (Phi) is 9.19. The summed E-state index contributed by atoms with van der Waals surface area (Å²) in [6, 6.07) is 72.0. The minimum absolute atomic E-state index is 0.885. The lowest BCUT2D eigenvalue weighted by Gasteiger charge is -2.24. The predicted molar refractivity (Wildman–Crippen MR) is 231 cm³/mol. The van der Waals surface area contributed by atoms with Gasteiger partial charge in [-0.15, -0.1) is 0 Å². The molecule has 0 radical (unpaired) electrons. The predicted octanol–water partition coefficient (Wildman–Crippen LogP) is 13.6. The van der Waals surface area contributed by atoms with Crippen LogP contribution < -0.4 is 0 Å². The Labute approximate surface area is 317 Å². The van der Waals surface area contributed by atoms with Gasteiger partial charge in [-0.3, -0.25) is 4.90 Å². The van der Waals surface area contributed by atoms with E-state index in [1.807, 2.05) is 0 Å². The smallest absolute Gasteiger partial charge is 0.0541 e. The first-order valence-electron chi connectivity index (χ1n) is 19.0. The fourth-order valence-electron chi connectivity index (χ4n) is 8.17. The molecule has 0 bridgehead atoms. The molecule has 1 aromatic heterocycles. The molecule has 0 aliphatic rings. The van der Waals surface area contributed by atoms with Crippen molar-refractivity contribution in [3.63, 3.8) is 0 Å². The molecule has 10 rings (SSSR count). The van der Waals surface area contributed by atoms with Crippen molar-refractivity contribution in [3.05, 3.63) is 211 Å². The molecule has 54 heavy (non-hydrogen) atoms. The maximum atomic E-state index is 2.58. The molecule has 2 nitrogen and oxygen atoms in total. The molecular formula is C52H42N2. The molecule has 9 aromatic carbocycles. The van der Waals surface area contributed by atoms with Gasteiger partial charge in [0.05, 0.1) is 11.0 Å². The van der Waals surface area contributed by atoms with Gasteiger partial charge in [-0.25, -0.2) is 0 Å². The lowest BCUT2D eigenvalue weighted by molar-refractivity contribution is 0.273. The minimum atomic E-state index is 0.885. The van der Waals surface area contributed by atoms with E-state index < -0.39 is 0 Å². The van der Waals surface area contributed by atoms with Crippen molar-refractivity contribution >= 4 is 54.1 Å². The Morgan fingerprint density at radius 2 is 0.889 bits per heavy atom. The zero-order valence-electron chi connectivity index (χ0n) is 30.6. The van der Waals surface area contributed by atoms with Crippen molar-refractivity contribution in [2.45, 2.75) is 20.0 Å². The number of para-hydroxylation sites is 2. The Balaban J connectivity index is 0.000000332. The third-order valence-corrected chi connectivity index (χ3v) is 10.8. The summed E-state index contributed by atoms with van der Waals surface area (Å²) in [7, 11) is 0. The van der Waals surface area contributed by atoms with Crippen molar-refractivity contribution < 1.29 is 0 Å². The first kappa shape index (κ1) is 33.4. The van der Waals surface area contributed by atoms with Crippen molar-refractivity contribution in [3.8, 4) is 16.8 Å². The van der Waals surface area contributed by atoms with E-state index in [1.165, 1.54) is 82.1 Å². The van der Waals surface area contributed by atoms with E-state index in [2.05, 4.69) is 217 Å². The number of benzene rings is 9. The van der Waals surface area contributed by atoms with Gasteiger partial charge < -0.3 is 4.57 Å². The van der Waals surface area contributed by atoms with Crippen LogP contribution in [0.5, 0.6) is 0 Å². The molecule has 0 saturated carbocycles. The lowest BCUT2D eigenvalue weighted by atomic mass is 9.88. The molecule has 0 spiro atoms. The number of fused-ring (bicyclic) bond motifs is 6. The van der Waals surface area contributed by atoms with E-state index in [4.69, 9.17) is 0 Å². The van der Waals surface area contributed by atoms with E-state index in [0.717, 1.165) is 19.6 Å². The number of nitrogens with zero attached hydrogens (tertiary/aromatic N) is 2. The molecule has 0 N–H and O–H groups in total. The molecule has 0 fully saturated rings. The highest BCUT2D eigenvalue weighted by Crippen LogP contribution is 2.40. The molecule has 1 heterocycles. The third-order valence-electron chi connectivity index (χ3n) is 10.8. The second-order valence-electron chi connectivity index (χ2n) is 14.0. The summed E-state index contributed by atoms with van der Waals surface area (Å²) in [5.74, 6) is 0. The molecule has 0 saturated heterocycles. The highest BCUT2D eigenvalue weighted by Gasteiger charge is 2.18. The van der Waals surface area contributed by atoms with Crippen molar-refractivity contribution in [1.29, 1.82) is 0 Å². The van der Waals surface area contributed by atoms with Gasteiger partial charge in [0.1, 0.15) is 0 Å². The summed E-state index contributed by atoms with van der Waals surface area (Å²) in [6.07, 6.45) is 0. The maximum Gasteiger partial charge on any atom is 0.0541 e. The van der Waals surface area contributed by atoms with Crippen LogP contribution in [-0.2, 0) is 13.1 Å². The Morgan fingerprint density at radius 3 is 1.48 bits per heavy atom. The minimum Gasteiger partial charge on any atom is -0.309 e. The van der Waals surface area contributed by atoms with Gasteiger partial charge in [-0.1, -0.05) is 177 Å². The Hall–Kier alpha value is -6.48. The van der Waals surface area contributed by atoms with Crippen molar-refractivity contribution in [1.82, 2.24) is 9.47 Å². The summed E-state index contributed by atoms with van der Waals surface area (Å²) in [4.78, 5) is 2.58. The second-order valence-corrected chi connectivity index (χ2v) is 14.0. The lowest BCUT2D eigenvalue weighted by Crippen LogP contribution is -2.22. The first-order chi connectivity index (χ1) is 26.8. The monoisotopic (exact) mass is 694 g/mol. The van der Waals surface area contributed by atoms with Crippen LogP contribution in [0.15, 0.2) is 200 Å². The molecule has 260 valence electrons. The SMILES string of the molecule is CCN(Cc1ccc2c(c1)c1ccccc1n2-c1ccccc1)Cc1c2ccccc2c(-c2ccccc2)c2ccccc12.c1ccc2ccccc2c1. The van der Waals surface area contributed by atoms with Crippen LogP contribution in [0.4, 0.5) is 0 Å². The summed E-state index contributed by atoms with van der Waals surface area (Å²) in [6.45, 7) is 5.02. The molecule has 0 aliphatic carbocycles. The molecular weight excluding hydrogens is 653 g/mol. The second kappa shape index (κ2) is 14.9. The van der Waals surface area contributed by atoms with Gasteiger partial charge in [0.25, 0.3) is 0 Å². The first-order valence-corrected chi connectivity index (χ1v) is 19.0. The van der Waals surface area contributed by atoms with Crippen molar-refractivity contribution in [2.75, 3.05) is 6.54 Å². The van der Waals surface area contributed by atoms with Gasteiger partial charge >= 0.3 is 0 Å². The zero-order chi connectivity index (χ0) is 36.3. The highest BCUT2D eigenvalue weighted by molar-refractivity contribution is 6.15. The number of hydrogen-bond acceptors (Lipinski definition) is 1. The highest BCUT2D eigenvalue weighted by atomic mass is 15.1. The largest absolute Gasteiger partial charge is 0.309 e. The number of rotatable bonds is 7. The third kappa shape index (κ3) is 6.32. The van der Waals surface area contributed by atoms with E-state index in [-0.39, 0.29) is 0 Å². The number of aromatic nitrogens is 1. The van der Waals surface area contributed by atoms with Crippen LogP contribution in [0.3, 0.4) is 0 Å². The quantitative estimate of drug-likeness (QED) is 0.151. The summed E-state index contributed by atoms with van der Waals surface area (Å²) in [5, 5.41) is 10.5. The topological polar surface area (TPSA) is 8.17 Å². The van der Waals surface area contributed by atoms with Gasteiger partial charge in [-0.2, -0.15) is 0 Å². The molecule has 2 heteroatoms. The van der Waals surface area contributed by atoms with Crippen LogP contribution in [0.25, 0.3) is 70.9 Å². The molecule has 0 amide bonds. The fraction of sp³-hybridized carbons (Fsp3) is 0.0769. The fourth-order valence-corrected chi connectivity index (χ4v) is 8.17. The van der Waals surface area contributed by atoms with Crippen LogP contribution in [-0.4, -0.2) is 16.0 Å². The van der Waals surface area contributed by atoms with Crippen LogP contribution >= 0.6 is 0 Å². The Morgan fingerprint density at radius 1 is 0.407 bits per heavy atom. The average Bonchev–Trinajstić information content (AvgIpc) is 3.58. The van der Waals surface area contributed by atoms with Gasteiger partial charge in [0.2, 0.25) is 0 Å². The Bertz CT molecular complexity index is 2750.